The van der Waals surface area contributed by atoms with Gasteiger partial charge in [-0.15, -0.1) is 0 Å². The minimum absolute atomic E-state index is 0.138. The Morgan fingerprint density at radius 1 is 1.44 bits per heavy atom. The van der Waals surface area contributed by atoms with Gasteiger partial charge < -0.3 is 5.73 Å². The molecule has 1 heterocycles. The predicted molar refractivity (Wildman–Crippen MR) is 67.7 cm³/mol. The molecule has 0 radical (unpaired) electrons. The van der Waals surface area contributed by atoms with Crippen molar-refractivity contribution in [1.29, 1.82) is 5.41 Å². The summed E-state index contributed by atoms with van der Waals surface area (Å²) < 4.78 is 0. The van der Waals surface area contributed by atoms with Crippen LogP contribution in [0, 0.1) is 10.8 Å². The molecule has 0 spiro atoms. The summed E-state index contributed by atoms with van der Waals surface area (Å²) >= 11 is 0. The lowest BCUT2D eigenvalue weighted by Crippen LogP contribution is -2.19. The quantitative estimate of drug-likeness (QED) is 0.683. The molecule has 3 heteroatoms. The van der Waals surface area contributed by atoms with Crippen LogP contribution < -0.4 is 5.73 Å². The number of nitrogens with two attached hydrogens (primary N) is 1. The van der Waals surface area contributed by atoms with Gasteiger partial charge in [0.2, 0.25) is 0 Å². The Hall–Kier alpha value is -1.64. The Morgan fingerprint density at radius 2 is 2.19 bits per heavy atom. The van der Waals surface area contributed by atoms with E-state index in [1.54, 1.807) is 0 Å². The Bertz CT molecular complexity index is 448. The second-order valence-electron chi connectivity index (χ2n) is 4.74. The van der Waals surface area contributed by atoms with Gasteiger partial charge in [0.1, 0.15) is 0 Å². The molecular weight excluding hydrogens is 198 g/mol. The molecule has 1 aliphatic heterocycles. The zero-order valence-corrected chi connectivity index (χ0v) is 9.75. The topological polar surface area (TPSA) is 62.2 Å². The number of nitrogens with zero attached hydrogens (tertiary/aromatic N) is 1. The second-order valence-corrected chi connectivity index (χ2v) is 4.74. The summed E-state index contributed by atoms with van der Waals surface area (Å²) in [5.41, 5.74) is 8.68. The van der Waals surface area contributed by atoms with Crippen molar-refractivity contribution in [2.24, 2.45) is 16.1 Å². The first kappa shape index (κ1) is 10.9. The van der Waals surface area contributed by atoms with Crippen LogP contribution in [0.1, 0.15) is 26.7 Å². The van der Waals surface area contributed by atoms with E-state index < -0.39 is 0 Å². The van der Waals surface area contributed by atoms with Crippen LogP contribution in [-0.4, -0.2) is 11.9 Å². The zero-order valence-electron chi connectivity index (χ0n) is 9.75. The van der Waals surface area contributed by atoms with Crippen LogP contribution >= 0.6 is 0 Å². The molecular formula is C13H17N3. The number of hydrogen-bond donors (Lipinski definition) is 2. The third-order valence-electron chi connectivity index (χ3n) is 3.04. The van der Waals surface area contributed by atoms with E-state index in [9.17, 15) is 0 Å². The first-order valence-electron chi connectivity index (χ1n) is 5.54. The Labute approximate surface area is 96.0 Å². The molecule has 0 atom stereocenters. The second kappa shape index (κ2) is 3.74. The summed E-state index contributed by atoms with van der Waals surface area (Å²) in [5.74, 6) is 0. The number of aliphatic imine (C=N–C) groups is 1. The Balaban J connectivity index is 2.31. The standard InChI is InChI=1S/C13H17N3/c1-13(2)7-6-9(12(13)15)11(14)10-5-3-4-8-16-10/h5-8,14H,3-4,15H2,1-2H3. The normalized spacial score (nSPS) is 22.5. The molecule has 1 aliphatic carbocycles. The first-order chi connectivity index (χ1) is 7.52. The SMILES string of the molecule is CC1(C)C=CC(C(=N)C2=CCCC=N2)=C1N. The van der Waals surface area contributed by atoms with E-state index in [0.29, 0.717) is 5.71 Å². The van der Waals surface area contributed by atoms with E-state index in [0.717, 1.165) is 29.8 Å². The van der Waals surface area contributed by atoms with Crippen LogP contribution in [0.15, 0.2) is 40.2 Å². The summed E-state index contributed by atoms with van der Waals surface area (Å²) in [5, 5.41) is 8.12. The highest BCUT2D eigenvalue weighted by Crippen LogP contribution is 2.34. The van der Waals surface area contributed by atoms with E-state index in [4.69, 9.17) is 11.1 Å². The average molecular weight is 215 g/mol. The number of nitrogens with one attached hydrogen (secondary N) is 1. The van der Waals surface area contributed by atoms with Crippen LogP contribution in [0.2, 0.25) is 0 Å². The molecule has 0 aromatic carbocycles. The van der Waals surface area contributed by atoms with Crippen LogP contribution in [0.25, 0.3) is 0 Å². The van der Waals surface area contributed by atoms with Gasteiger partial charge in [-0.05, 0) is 12.8 Å². The van der Waals surface area contributed by atoms with Gasteiger partial charge in [-0.1, -0.05) is 32.1 Å². The van der Waals surface area contributed by atoms with Crippen molar-refractivity contribution in [1.82, 2.24) is 0 Å². The molecule has 3 N–H and O–H groups in total. The average Bonchev–Trinajstić information content (AvgIpc) is 2.55. The number of hydrogen-bond acceptors (Lipinski definition) is 3. The largest absolute Gasteiger partial charge is 0.401 e. The van der Waals surface area contributed by atoms with Crippen LogP contribution in [-0.2, 0) is 0 Å². The molecule has 3 nitrogen and oxygen atoms in total. The summed E-state index contributed by atoms with van der Waals surface area (Å²) in [6.07, 6.45) is 9.77. The van der Waals surface area contributed by atoms with Gasteiger partial charge in [-0.25, -0.2) is 0 Å². The van der Waals surface area contributed by atoms with Crippen molar-refractivity contribution >= 4 is 11.9 Å². The molecule has 2 rings (SSSR count). The molecule has 84 valence electrons. The lowest BCUT2D eigenvalue weighted by Gasteiger charge is -2.18. The van der Waals surface area contributed by atoms with E-state index >= 15 is 0 Å². The number of allylic oxidation sites excluding steroid dienone is 4. The number of rotatable bonds is 2. The summed E-state index contributed by atoms with van der Waals surface area (Å²) in [7, 11) is 0. The molecule has 0 aromatic heterocycles. The van der Waals surface area contributed by atoms with Crippen molar-refractivity contribution in [3.63, 3.8) is 0 Å². The molecule has 2 aliphatic rings. The van der Waals surface area contributed by atoms with Gasteiger partial charge >= 0.3 is 0 Å². The molecule has 0 unspecified atom stereocenters. The maximum Gasteiger partial charge on any atom is 0.0882 e. The monoisotopic (exact) mass is 215 g/mol. The van der Waals surface area contributed by atoms with Gasteiger partial charge in [0.15, 0.2) is 0 Å². The van der Waals surface area contributed by atoms with Crippen molar-refractivity contribution in [3.05, 3.63) is 35.2 Å². The highest BCUT2D eigenvalue weighted by molar-refractivity contribution is 6.13. The van der Waals surface area contributed by atoms with E-state index in [-0.39, 0.29) is 5.41 Å². The summed E-state index contributed by atoms with van der Waals surface area (Å²) in [6, 6.07) is 0. The minimum atomic E-state index is -0.138. The fourth-order valence-electron chi connectivity index (χ4n) is 1.85. The highest BCUT2D eigenvalue weighted by atomic mass is 14.8. The van der Waals surface area contributed by atoms with Gasteiger partial charge in [-0.3, -0.25) is 10.4 Å². The van der Waals surface area contributed by atoms with Crippen molar-refractivity contribution < 1.29 is 0 Å². The highest BCUT2D eigenvalue weighted by Gasteiger charge is 2.28. The molecule has 0 bridgehead atoms. The van der Waals surface area contributed by atoms with E-state index in [2.05, 4.69) is 18.8 Å². The van der Waals surface area contributed by atoms with Crippen molar-refractivity contribution in [3.8, 4) is 0 Å². The van der Waals surface area contributed by atoms with Crippen molar-refractivity contribution in [2.75, 3.05) is 0 Å². The molecule has 0 saturated heterocycles. The molecule has 0 saturated carbocycles. The fraction of sp³-hybridized carbons (Fsp3) is 0.385. The lowest BCUT2D eigenvalue weighted by atomic mass is 9.91. The predicted octanol–water partition coefficient (Wildman–Crippen LogP) is 2.56. The van der Waals surface area contributed by atoms with Crippen LogP contribution in [0.5, 0.6) is 0 Å². The van der Waals surface area contributed by atoms with Gasteiger partial charge in [0.05, 0.1) is 11.4 Å². The maximum atomic E-state index is 8.12. The Kier molecular flexibility index (Phi) is 2.54. The van der Waals surface area contributed by atoms with Crippen LogP contribution in [0.4, 0.5) is 0 Å². The van der Waals surface area contributed by atoms with Gasteiger partial charge in [0, 0.05) is 22.9 Å². The first-order valence-corrected chi connectivity index (χ1v) is 5.54. The fourth-order valence-corrected chi connectivity index (χ4v) is 1.85. The van der Waals surface area contributed by atoms with Crippen LogP contribution in [0.3, 0.4) is 0 Å². The third-order valence-corrected chi connectivity index (χ3v) is 3.04. The molecule has 0 amide bonds. The van der Waals surface area contributed by atoms with Crippen molar-refractivity contribution in [2.45, 2.75) is 26.7 Å². The minimum Gasteiger partial charge on any atom is -0.401 e. The smallest absolute Gasteiger partial charge is 0.0882 e. The zero-order chi connectivity index (χ0) is 11.8. The van der Waals surface area contributed by atoms with E-state index in [1.165, 1.54) is 0 Å². The molecule has 0 aromatic rings. The van der Waals surface area contributed by atoms with E-state index in [1.807, 2.05) is 24.4 Å². The van der Waals surface area contributed by atoms with Gasteiger partial charge in [-0.2, -0.15) is 0 Å². The maximum absolute atomic E-state index is 8.12. The summed E-state index contributed by atoms with van der Waals surface area (Å²) in [4.78, 5) is 4.24. The lowest BCUT2D eigenvalue weighted by molar-refractivity contribution is 0.582. The van der Waals surface area contributed by atoms with Gasteiger partial charge in [0.25, 0.3) is 0 Å². The third kappa shape index (κ3) is 1.73. The molecule has 0 fully saturated rings. The molecule has 16 heavy (non-hydrogen) atoms. The summed E-state index contributed by atoms with van der Waals surface area (Å²) in [6.45, 7) is 4.11. The Morgan fingerprint density at radius 3 is 2.69 bits per heavy atom.